The number of carbonyl (C=O) groups excluding carboxylic acids is 3. The first kappa shape index (κ1) is 26.6. The number of carbonyl (C=O) groups is 3. The van der Waals surface area contributed by atoms with Gasteiger partial charge in [-0.3, -0.25) is 14.4 Å². The monoisotopic (exact) mass is 521 g/mol. The number of rotatable bonds is 6. The van der Waals surface area contributed by atoms with E-state index in [0.29, 0.717) is 19.6 Å². The lowest BCUT2D eigenvalue weighted by molar-refractivity contribution is -0.147. The predicted octanol–water partition coefficient (Wildman–Crippen LogP) is 2.61. The van der Waals surface area contributed by atoms with E-state index < -0.39 is 35.6 Å². The van der Waals surface area contributed by atoms with Crippen LogP contribution < -0.4 is 4.90 Å². The van der Waals surface area contributed by atoms with Gasteiger partial charge in [-0.2, -0.15) is 0 Å². The van der Waals surface area contributed by atoms with Crippen LogP contribution >= 0.6 is 0 Å². The number of fused-ring (bicyclic) bond motifs is 2. The normalized spacial score (nSPS) is 31.4. The van der Waals surface area contributed by atoms with Crippen molar-refractivity contribution in [2.75, 3.05) is 31.1 Å². The molecule has 0 bridgehead atoms. The van der Waals surface area contributed by atoms with Gasteiger partial charge >= 0.3 is 0 Å². The number of anilines is 1. The highest BCUT2D eigenvalue weighted by molar-refractivity contribution is 6.06. The van der Waals surface area contributed by atoms with E-state index in [9.17, 15) is 19.5 Å². The minimum Gasteiger partial charge on any atom is -0.394 e. The minimum absolute atomic E-state index is 0.106. The van der Waals surface area contributed by atoms with Crippen molar-refractivity contribution in [2.24, 2.45) is 17.8 Å². The third-order valence-electron chi connectivity index (χ3n) is 8.70. The Hall–Kier alpha value is -2.97. The second kappa shape index (κ2) is 9.97. The van der Waals surface area contributed by atoms with Crippen LogP contribution in [0.4, 0.5) is 5.69 Å². The molecule has 0 aromatic heterocycles. The van der Waals surface area contributed by atoms with E-state index in [1.54, 1.807) is 14.7 Å². The first-order valence-corrected chi connectivity index (χ1v) is 13.8. The number of aliphatic hydroxyl groups is 1. The lowest BCUT2D eigenvalue weighted by Gasteiger charge is -2.40. The highest BCUT2D eigenvalue weighted by Crippen LogP contribution is 2.54. The molecule has 0 saturated carbocycles. The molecule has 0 radical (unpaired) electrons. The molecule has 8 nitrogen and oxygen atoms in total. The van der Waals surface area contributed by atoms with E-state index in [2.05, 4.69) is 0 Å². The third kappa shape index (κ3) is 3.83. The molecule has 8 heteroatoms. The number of likely N-dealkylation sites (tertiary alicyclic amines) is 1. The van der Waals surface area contributed by atoms with Crippen LogP contribution in [0.1, 0.15) is 38.3 Å². The summed E-state index contributed by atoms with van der Waals surface area (Å²) < 4.78 is 6.72. The van der Waals surface area contributed by atoms with Gasteiger partial charge in [-0.25, -0.2) is 0 Å². The largest absolute Gasteiger partial charge is 0.394 e. The number of nitrogens with zero attached hydrogens (tertiary/aromatic N) is 3. The van der Waals surface area contributed by atoms with Crippen molar-refractivity contribution in [3.05, 3.63) is 53.6 Å². The first-order chi connectivity index (χ1) is 18.2. The number of hydrogen-bond donors (Lipinski definition) is 1. The Morgan fingerprint density at radius 1 is 1.05 bits per heavy atom. The van der Waals surface area contributed by atoms with Gasteiger partial charge in [0, 0.05) is 25.3 Å². The molecule has 6 atom stereocenters. The van der Waals surface area contributed by atoms with Crippen LogP contribution in [-0.4, -0.2) is 82.7 Å². The zero-order valence-corrected chi connectivity index (χ0v) is 23.0. The van der Waals surface area contributed by atoms with Gasteiger partial charge < -0.3 is 24.5 Å². The Balaban J connectivity index is 1.67. The van der Waals surface area contributed by atoms with Gasteiger partial charge in [0.2, 0.25) is 11.8 Å². The Labute approximate surface area is 224 Å². The Bertz CT molecular complexity index is 1170. The lowest BCUT2D eigenvalue weighted by atomic mass is 9.77. The number of para-hydroxylation sites is 1. The van der Waals surface area contributed by atoms with Crippen molar-refractivity contribution < 1.29 is 24.2 Å². The third-order valence-corrected chi connectivity index (χ3v) is 8.70. The molecule has 38 heavy (non-hydrogen) atoms. The molecule has 1 aromatic rings. The number of ether oxygens (including phenoxy) is 1. The first-order valence-electron chi connectivity index (χ1n) is 13.8. The SMILES string of the molecule is CCCN1CC=C[C@@H]2O[C@]34C=CCN(c5c(C)cccc5C)C(=O)C3N([C@@H](CO)C(C)C)C(=O)[C@@H]4[C@@H]2C1=O. The quantitative estimate of drug-likeness (QED) is 0.582. The molecule has 1 aromatic carbocycles. The van der Waals surface area contributed by atoms with Crippen LogP contribution in [-0.2, 0) is 19.1 Å². The second-order valence-corrected chi connectivity index (χ2v) is 11.4. The maximum Gasteiger partial charge on any atom is 0.253 e. The van der Waals surface area contributed by atoms with Crippen LogP contribution in [0, 0.1) is 31.6 Å². The number of aliphatic hydroxyl groups excluding tert-OH is 1. The van der Waals surface area contributed by atoms with Crippen molar-refractivity contribution >= 4 is 23.4 Å². The summed E-state index contributed by atoms with van der Waals surface area (Å²) in [7, 11) is 0. The molecule has 4 aliphatic rings. The van der Waals surface area contributed by atoms with Gasteiger partial charge in [-0.1, -0.05) is 63.3 Å². The van der Waals surface area contributed by atoms with Gasteiger partial charge in [0.1, 0.15) is 11.6 Å². The van der Waals surface area contributed by atoms with E-state index >= 15 is 0 Å². The average Bonchev–Trinajstić information content (AvgIpc) is 3.19. The maximum atomic E-state index is 14.6. The zero-order chi connectivity index (χ0) is 27.4. The van der Waals surface area contributed by atoms with E-state index in [1.807, 2.05) is 77.1 Å². The Morgan fingerprint density at radius 2 is 1.76 bits per heavy atom. The fourth-order valence-electron chi connectivity index (χ4n) is 7.01. The molecule has 1 spiro atoms. The van der Waals surface area contributed by atoms with Crippen LogP contribution in [0.25, 0.3) is 0 Å². The van der Waals surface area contributed by atoms with E-state index in [-0.39, 0.29) is 30.2 Å². The summed E-state index contributed by atoms with van der Waals surface area (Å²) in [6, 6.07) is 4.33. The van der Waals surface area contributed by atoms with E-state index in [0.717, 1.165) is 23.2 Å². The van der Waals surface area contributed by atoms with Gasteiger partial charge in [-0.05, 0) is 37.3 Å². The second-order valence-electron chi connectivity index (χ2n) is 11.4. The summed E-state index contributed by atoms with van der Waals surface area (Å²) in [6.45, 7) is 10.9. The maximum absolute atomic E-state index is 14.6. The van der Waals surface area contributed by atoms with Gasteiger partial charge in [0.05, 0.1) is 30.6 Å². The molecule has 4 aliphatic heterocycles. The van der Waals surface area contributed by atoms with Gasteiger partial charge in [-0.15, -0.1) is 0 Å². The minimum atomic E-state index is -1.30. The molecule has 0 aliphatic carbocycles. The molecule has 4 heterocycles. The number of aryl methyl sites for hydroxylation is 2. The van der Waals surface area contributed by atoms with Crippen LogP contribution in [0.5, 0.6) is 0 Å². The van der Waals surface area contributed by atoms with Crippen molar-refractivity contribution in [1.29, 1.82) is 0 Å². The molecule has 2 saturated heterocycles. The number of hydrogen-bond acceptors (Lipinski definition) is 5. The van der Waals surface area contributed by atoms with Crippen molar-refractivity contribution in [1.82, 2.24) is 9.80 Å². The van der Waals surface area contributed by atoms with Crippen molar-refractivity contribution in [2.45, 2.75) is 64.8 Å². The molecule has 2 fully saturated rings. The molecule has 3 amide bonds. The smallest absolute Gasteiger partial charge is 0.253 e. The summed E-state index contributed by atoms with van der Waals surface area (Å²) in [5, 5.41) is 10.4. The van der Waals surface area contributed by atoms with Gasteiger partial charge in [0.25, 0.3) is 5.91 Å². The summed E-state index contributed by atoms with van der Waals surface area (Å²) in [6.07, 6.45) is 7.79. The summed E-state index contributed by atoms with van der Waals surface area (Å²) in [4.78, 5) is 47.9. The fourth-order valence-corrected chi connectivity index (χ4v) is 7.01. The molecular weight excluding hydrogens is 482 g/mol. The zero-order valence-electron chi connectivity index (χ0n) is 23.0. The standard InChI is InChI=1S/C30H39N3O5/c1-6-14-31-15-8-12-22-23(27(31)35)24-28(36)33(21(17-34)18(2)3)26-29(37)32(16-9-13-30(24,26)38-22)25-19(4)10-7-11-20(25)5/h7-13,18,21-24,26,34H,6,14-17H2,1-5H3/t21-,22-,23+,24-,26?,30-/m0/s1. The molecule has 1 N–H and O–H groups in total. The topological polar surface area (TPSA) is 90.4 Å². The highest BCUT2D eigenvalue weighted by Gasteiger charge is 2.72. The van der Waals surface area contributed by atoms with Crippen molar-refractivity contribution in [3.8, 4) is 0 Å². The lowest BCUT2D eigenvalue weighted by Crippen LogP contribution is -2.59. The average molecular weight is 522 g/mol. The summed E-state index contributed by atoms with van der Waals surface area (Å²) in [5.74, 6) is -2.34. The number of benzene rings is 1. The summed E-state index contributed by atoms with van der Waals surface area (Å²) >= 11 is 0. The molecular formula is C30H39N3O5. The fraction of sp³-hybridized carbons (Fsp3) is 0.567. The Morgan fingerprint density at radius 3 is 2.39 bits per heavy atom. The van der Waals surface area contributed by atoms with Crippen LogP contribution in [0.3, 0.4) is 0 Å². The highest BCUT2D eigenvalue weighted by atomic mass is 16.5. The van der Waals surface area contributed by atoms with Crippen LogP contribution in [0.2, 0.25) is 0 Å². The van der Waals surface area contributed by atoms with E-state index in [1.165, 1.54) is 0 Å². The van der Waals surface area contributed by atoms with E-state index in [4.69, 9.17) is 4.74 Å². The number of amides is 3. The van der Waals surface area contributed by atoms with Crippen molar-refractivity contribution in [3.63, 3.8) is 0 Å². The molecule has 1 unspecified atom stereocenters. The molecule has 5 rings (SSSR count). The molecule has 204 valence electrons. The van der Waals surface area contributed by atoms with Crippen LogP contribution in [0.15, 0.2) is 42.5 Å². The predicted molar refractivity (Wildman–Crippen MR) is 144 cm³/mol. The Kier molecular flexibility index (Phi) is 6.99. The summed E-state index contributed by atoms with van der Waals surface area (Å²) in [5.41, 5.74) is 1.44. The van der Waals surface area contributed by atoms with Gasteiger partial charge in [0.15, 0.2) is 0 Å².